The molecular weight excluding hydrogens is 168 g/mol. The van der Waals surface area contributed by atoms with Gasteiger partial charge >= 0.3 is 0 Å². The van der Waals surface area contributed by atoms with Crippen LogP contribution in [0.5, 0.6) is 5.88 Å². The van der Waals surface area contributed by atoms with Gasteiger partial charge in [0.05, 0.1) is 7.11 Å². The lowest BCUT2D eigenvalue weighted by molar-refractivity contribution is 0.397. The summed E-state index contributed by atoms with van der Waals surface area (Å²) in [5, 5.41) is 0. The number of nitrogens with zero attached hydrogens (tertiary/aromatic N) is 3. The average Bonchev–Trinajstić information content (AvgIpc) is 2.71. The maximum Gasteiger partial charge on any atom is 0.216 e. The zero-order valence-electron chi connectivity index (χ0n) is 7.06. The number of methoxy groups -OCH3 is 1. The second-order valence-electron chi connectivity index (χ2n) is 2.38. The van der Waals surface area contributed by atoms with E-state index in [2.05, 4.69) is 19.9 Å². The highest BCUT2D eigenvalue weighted by Gasteiger charge is 2.02. The molecule has 0 atom stereocenters. The molecular formula is C8H8N4O. The normalized spacial score (nSPS) is 9.92. The lowest BCUT2D eigenvalue weighted by atomic mass is 10.4. The maximum absolute atomic E-state index is 4.96. The van der Waals surface area contributed by atoms with Gasteiger partial charge in [0.25, 0.3) is 0 Å². The van der Waals surface area contributed by atoms with Gasteiger partial charge in [0.2, 0.25) is 5.88 Å². The highest BCUT2D eigenvalue weighted by molar-refractivity contribution is 5.49. The van der Waals surface area contributed by atoms with Gasteiger partial charge in [-0.25, -0.2) is 15.0 Å². The first-order valence-corrected chi connectivity index (χ1v) is 3.76. The van der Waals surface area contributed by atoms with Gasteiger partial charge in [-0.2, -0.15) is 0 Å². The topological polar surface area (TPSA) is 63.7 Å². The average molecular weight is 176 g/mol. The Kier molecular flexibility index (Phi) is 1.91. The Balaban J connectivity index is 2.41. The predicted octanol–water partition coefficient (Wildman–Crippen LogP) is 0.875. The molecule has 0 spiro atoms. The monoisotopic (exact) mass is 176 g/mol. The van der Waals surface area contributed by atoms with Crippen molar-refractivity contribution in [2.45, 2.75) is 0 Å². The van der Waals surface area contributed by atoms with Crippen molar-refractivity contribution in [2.24, 2.45) is 0 Å². The van der Waals surface area contributed by atoms with Gasteiger partial charge in [-0.3, -0.25) is 0 Å². The Morgan fingerprint density at radius 1 is 1.31 bits per heavy atom. The molecule has 0 unspecified atom stereocenters. The van der Waals surface area contributed by atoms with Crippen LogP contribution in [0.15, 0.2) is 24.8 Å². The summed E-state index contributed by atoms with van der Waals surface area (Å²) in [7, 11) is 1.56. The summed E-state index contributed by atoms with van der Waals surface area (Å²) in [6.07, 6.45) is 4.85. The number of rotatable bonds is 2. The quantitative estimate of drug-likeness (QED) is 0.737. The van der Waals surface area contributed by atoms with Crippen molar-refractivity contribution in [1.29, 1.82) is 0 Å². The van der Waals surface area contributed by atoms with Gasteiger partial charge in [-0.05, 0) is 0 Å². The van der Waals surface area contributed by atoms with E-state index in [0.29, 0.717) is 11.7 Å². The van der Waals surface area contributed by atoms with Crippen molar-refractivity contribution >= 4 is 0 Å². The van der Waals surface area contributed by atoms with E-state index in [0.717, 1.165) is 5.69 Å². The second-order valence-corrected chi connectivity index (χ2v) is 2.38. The summed E-state index contributed by atoms with van der Waals surface area (Å²) >= 11 is 0. The second kappa shape index (κ2) is 3.22. The van der Waals surface area contributed by atoms with E-state index in [9.17, 15) is 0 Å². The van der Waals surface area contributed by atoms with Crippen LogP contribution < -0.4 is 4.74 Å². The third kappa shape index (κ3) is 1.48. The number of aromatic amines is 1. The molecule has 0 saturated carbocycles. The molecule has 0 aliphatic carbocycles. The van der Waals surface area contributed by atoms with Crippen LogP contribution in [0.3, 0.4) is 0 Å². The van der Waals surface area contributed by atoms with Crippen LogP contribution in [-0.4, -0.2) is 27.0 Å². The van der Waals surface area contributed by atoms with E-state index >= 15 is 0 Å². The first kappa shape index (κ1) is 7.72. The van der Waals surface area contributed by atoms with Gasteiger partial charge < -0.3 is 9.72 Å². The molecule has 13 heavy (non-hydrogen) atoms. The van der Waals surface area contributed by atoms with Crippen LogP contribution in [0.4, 0.5) is 0 Å². The van der Waals surface area contributed by atoms with E-state index in [1.54, 1.807) is 25.6 Å². The minimum atomic E-state index is 0.529. The number of ether oxygens (including phenoxy) is 1. The Morgan fingerprint density at radius 2 is 2.23 bits per heavy atom. The molecule has 2 rings (SSSR count). The summed E-state index contributed by atoms with van der Waals surface area (Å²) in [4.78, 5) is 14.9. The van der Waals surface area contributed by atoms with Crippen molar-refractivity contribution in [3.63, 3.8) is 0 Å². The SMILES string of the molecule is COc1cc(-c2ncc[nH]2)ncn1. The van der Waals surface area contributed by atoms with Crippen molar-refractivity contribution in [1.82, 2.24) is 19.9 Å². The Hall–Kier alpha value is -1.91. The van der Waals surface area contributed by atoms with Crippen molar-refractivity contribution < 1.29 is 4.74 Å². The smallest absolute Gasteiger partial charge is 0.216 e. The lowest BCUT2D eigenvalue weighted by Gasteiger charge is -1.98. The van der Waals surface area contributed by atoms with Crippen molar-refractivity contribution in [3.05, 3.63) is 24.8 Å². The van der Waals surface area contributed by atoms with Gasteiger partial charge in [-0.1, -0.05) is 0 Å². The van der Waals surface area contributed by atoms with E-state index in [1.807, 2.05) is 0 Å². The van der Waals surface area contributed by atoms with Crippen LogP contribution in [0.2, 0.25) is 0 Å². The molecule has 2 aromatic heterocycles. The predicted molar refractivity (Wildman–Crippen MR) is 46.2 cm³/mol. The van der Waals surface area contributed by atoms with Gasteiger partial charge in [0.1, 0.15) is 12.0 Å². The van der Waals surface area contributed by atoms with Crippen LogP contribution in [0.1, 0.15) is 0 Å². The van der Waals surface area contributed by atoms with Crippen LogP contribution >= 0.6 is 0 Å². The van der Waals surface area contributed by atoms with E-state index < -0.39 is 0 Å². The number of imidazole rings is 1. The molecule has 0 aliphatic heterocycles. The molecule has 1 N–H and O–H groups in total. The Morgan fingerprint density at radius 3 is 2.92 bits per heavy atom. The highest BCUT2D eigenvalue weighted by atomic mass is 16.5. The fourth-order valence-electron chi connectivity index (χ4n) is 0.986. The summed E-state index contributed by atoms with van der Waals surface area (Å²) < 4.78 is 4.96. The number of hydrogen-bond donors (Lipinski definition) is 1. The third-order valence-electron chi connectivity index (χ3n) is 1.59. The number of aromatic nitrogens is 4. The third-order valence-corrected chi connectivity index (χ3v) is 1.59. The van der Waals surface area contributed by atoms with Crippen molar-refractivity contribution in [2.75, 3.05) is 7.11 Å². The number of hydrogen-bond acceptors (Lipinski definition) is 4. The Bertz CT molecular complexity index is 385. The summed E-state index contributed by atoms with van der Waals surface area (Å²) in [5.41, 5.74) is 0.719. The van der Waals surface area contributed by atoms with Crippen LogP contribution in [-0.2, 0) is 0 Å². The molecule has 2 heterocycles. The molecule has 0 fully saturated rings. The molecule has 0 radical (unpaired) electrons. The fourth-order valence-corrected chi connectivity index (χ4v) is 0.986. The van der Waals surface area contributed by atoms with E-state index in [1.165, 1.54) is 6.33 Å². The maximum atomic E-state index is 4.96. The molecule has 0 aliphatic rings. The van der Waals surface area contributed by atoms with Crippen LogP contribution in [0.25, 0.3) is 11.5 Å². The molecule has 0 saturated heterocycles. The van der Waals surface area contributed by atoms with E-state index in [4.69, 9.17) is 4.74 Å². The fraction of sp³-hybridized carbons (Fsp3) is 0.125. The summed E-state index contributed by atoms with van der Waals surface area (Å²) in [5.74, 6) is 1.24. The molecule has 66 valence electrons. The van der Waals surface area contributed by atoms with Gasteiger partial charge in [0, 0.05) is 18.5 Å². The summed E-state index contributed by atoms with van der Waals surface area (Å²) in [6, 6.07) is 1.72. The molecule has 2 aromatic rings. The first-order valence-electron chi connectivity index (χ1n) is 3.76. The standard InChI is InChI=1S/C8H8N4O/c1-13-7-4-6(11-5-12-7)8-9-2-3-10-8/h2-5H,1H3,(H,9,10). The van der Waals surface area contributed by atoms with Gasteiger partial charge in [0.15, 0.2) is 5.82 Å². The highest BCUT2D eigenvalue weighted by Crippen LogP contribution is 2.14. The minimum Gasteiger partial charge on any atom is -0.481 e. The molecule has 0 amide bonds. The molecule has 5 nitrogen and oxygen atoms in total. The zero-order valence-corrected chi connectivity index (χ0v) is 7.06. The van der Waals surface area contributed by atoms with E-state index in [-0.39, 0.29) is 0 Å². The van der Waals surface area contributed by atoms with Gasteiger partial charge in [-0.15, -0.1) is 0 Å². The molecule has 0 bridgehead atoms. The number of nitrogens with one attached hydrogen (secondary N) is 1. The zero-order chi connectivity index (χ0) is 9.10. The molecule has 5 heteroatoms. The lowest BCUT2D eigenvalue weighted by Crippen LogP contribution is -1.91. The number of H-pyrrole nitrogens is 1. The van der Waals surface area contributed by atoms with Crippen LogP contribution in [0, 0.1) is 0 Å². The first-order chi connectivity index (χ1) is 6.40. The van der Waals surface area contributed by atoms with Crippen molar-refractivity contribution in [3.8, 4) is 17.4 Å². The molecule has 0 aromatic carbocycles. The summed E-state index contributed by atoms with van der Waals surface area (Å²) in [6.45, 7) is 0. The minimum absolute atomic E-state index is 0.529. The largest absolute Gasteiger partial charge is 0.481 e. The Labute approximate surface area is 74.8 Å².